The summed E-state index contributed by atoms with van der Waals surface area (Å²) < 4.78 is 10.8. The fraction of sp³-hybridized carbons (Fsp3) is 0.333. The van der Waals surface area contributed by atoms with Crippen molar-refractivity contribution in [3.63, 3.8) is 0 Å². The molecule has 7 heteroatoms. The molecule has 0 fully saturated rings. The molecule has 0 heterocycles. The molecule has 0 unspecified atom stereocenters. The lowest BCUT2D eigenvalue weighted by molar-refractivity contribution is 0.0635. The summed E-state index contributed by atoms with van der Waals surface area (Å²) in [5, 5.41) is 3.17. The van der Waals surface area contributed by atoms with Crippen LogP contribution in [0, 0.1) is 0 Å². The molecule has 0 saturated heterocycles. The van der Waals surface area contributed by atoms with Gasteiger partial charge in [-0.3, -0.25) is 10.1 Å². The number of nitrogens with one attached hydrogen (secondary N) is 1. The fourth-order valence-corrected chi connectivity index (χ4v) is 2.48. The monoisotopic (exact) mass is 404 g/mol. The Morgan fingerprint density at radius 2 is 1.71 bits per heavy atom. The van der Waals surface area contributed by atoms with Crippen molar-refractivity contribution in [1.29, 1.82) is 0 Å². The molecule has 2 aromatic rings. The maximum Gasteiger partial charge on any atom is 0.412 e. The molecule has 0 bridgehead atoms. The van der Waals surface area contributed by atoms with E-state index in [0.717, 1.165) is 0 Å². The van der Waals surface area contributed by atoms with E-state index < -0.39 is 11.7 Å². The van der Waals surface area contributed by atoms with E-state index in [9.17, 15) is 9.59 Å². The zero-order valence-corrected chi connectivity index (χ0v) is 17.2. The fourth-order valence-electron chi connectivity index (χ4n) is 2.29. The van der Waals surface area contributed by atoms with Crippen LogP contribution in [0.15, 0.2) is 48.5 Å². The van der Waals surface area contributed by atoms with Crippen molar-refractivity contribution in [3.05, 3.63) is 59.1 Å². The number of carbonyl (C=O) groups excluding carboxylic acids is 2. The van der Waals surface area contributed by atoms with Gasteiger partial charge in [0.15, 0.2) is 0 Å². The van der Waals surface area contributed by atoms with Crippen molar-refractivity contribution >= 4 is 29.3 Å². The third-order valence-corrected chi connectivity index (χ3v) is 3.96. The quantitative estimate of drug-likeness (QED) is 0.748. The van der Waals surface area contributed by atoms with Crippen LogP contribution in [0.3, 0.4) is 0 Å². The van der Waals surface area contributed by atoms with Crippen molar-refractivity contribution < 1.29 is 19.1 Å². The van der Waals surface area contributed by atoms with Crippen molar-refractivity contribution in [2.45, 2.75) is 26.4 Å². The van der Waals surface area contributed by atoms with Gasteiger partial charge in [-0.1, -0.05) is 23.7 Å². The van der Waals surface area contributed by atoms with Crippen molar-refractivity contribution in [1.82, 2.24) is 4.90 Å². The number of amides is 2. The average molecular weight is 405 g/mol. The van der Waals surface area contributed by atoms with E-state index in [-0.39, 0.29) is 5.91 Å². The van der Waals surface area contributed by atoms with Crippen molar-refractivity contribution in [2.24, 2.45) is 0 Å². The number of carbonyl (C=O) groups is 2. The summed E-state index contributed by atoms with van der Waals surface area (Å²) in [6.45, 7) is 6.10. The number of anilines is 1. The van der Waals surface area contributed by atoms with E-state index >= 15 is 0 Å². The molecule has 0 aliphatic rings. The number of hydrogen-bond acceptors (Lipinski definition) is 4. The van der Waals surface area contributed by atoms with E-state index in [1.54, 1.807) is 69.1 Å². The molecular weight excluding hydrogens is 380 g/mol. The summed E-state index contributed by atoms with van der Waals surface area (Å²) in [5.41, 5.74) is 0.486. The van der Waals surface area contributed by atoms with Gasteiger partial charge in [0.2, 0.25) is 0 Å². The summed E-state index contributed by atoms with van der Waals surface area (Å²) in [6, 6.07) is 13.8. The van der Waals surface area contributed by atoms with Crippen LogP contribution in [0.1, 0.15) is 31.1 Å². The normalized spacial score (nSPS) is 10.9. The van der Waals surface area contributed by atoms with Crippen molar-refractivity contribution in [2.75, 3.05) is 25.5 Å². The van der Waals surface area contributed by atoms with Gasteiger partial charge in [-0.25, -0.2) is 4.79 Å². The summed E-state index contributed by atoms with van der Waals surface area (Å²) in [7, 11) is 1.70. The first-order valence-corrected chi connectivity index (χ1v) is 9.26. The number of para-hydroxylation sites is 1. The molecule has 0 aliphatic heterocycles. The lowest BCUT2D eigenvalue weighted by Gasteiger charge is -2.20. The number of nitrogens with zero attached hydrogens (tertiary/aromatic N) is 1. The Bertz CT molecular complexity index is 816. The zero-order valence-electron chi connectivity index (χ0n) is 16.5. The Kier molecular flexibility index (Phi) is 7.29. The van der Waals surface area contributed by atoms with E-state index in [0.29, 0.717) is 35.2 Å². The topological polar surface area (TPSA) is 67.9 Å². The largest absolute Gasteiger partial charge is 0.490 e. The number of benzene rings is 2. The maximum atomic E-state index is 12.5. The number of ether oxygens (including phenoxy) is 2. The Hall–Kier alpha value is -2.73. The lowest BCUT2D eigenvalue weighted by Crippen LogP contribution is -2.31. The maximum absolute atomic E-state index is 12.5. The average Bonchev–Trinajstić information content (AvgIpc) is 2.61. The highest BCUT2D eigenvalue weighted by Gasteiger charge is 2.17. The van der Waals surface area contributed by atoms with Crippen LogP contribution in [0.5, 0.6) is 5.75 Å². The highest BCUT2D eigenvalue weighted by Crippen LogP contribution is 2.23. The van der Waals surface area contributed by atoms with Gasteiger partial charge >= 0.3 is 6.09 Å². The molecule has 2 aromatic carbocycles. The molecule has 0 saturated carbocycles. The van der Waals surface area contributed by atoms with Gasteiger partial charge in [0, 0.05) is 18.3 Å². The molecule has 150 valence electrons. The summed E-state index contributed by atoms with van der Waals surface area (Å²) in [6.07, 6.45) is -0.541. The van der Waals surface area contributed by atoms with Crippen LogP contribution in [0.25, 0.3) is 0 Å². The molecule has 2 rings (SSSR count). The first kappa shape index (κ1) is 21.6. The standard InChI is InChI=1S/C21H25ClN2O4/c1-21(2,3)28-20(26)23-16-11-9-15(10-12-16)19(25)24(4)13-14-27-18-8-6-5-7-17(18)22/h5-12H,13-14H2,1-4H3,(H,23,26). The van der Waals surface area contributed by atoms with Crippen LogP contribution in [-0.4, -0.2) is 42.7 Å². The minimum absolute atomic E-state index is 0.147. The van der Waals surface area contributed by atoms with Gasteiger partial charge in [0.25, 0.3) is 5.91 Å². The van der Waals surface area contributed by atoms with Crippen molar-refractivity contribution in [3.8, 4) is 5.75 Å². The van der Waals surface area contributed by atoms with Gasteiger partial charge in [-0.2, -0.15) is 0 Å². The molecule has 0 radical (unpaired) electrons. The molecule has 0 aliphatic carbocycles. The molecule has 2 amide bonds. The summed E-state index contributed by atoms with van der Waals surface area (Å²) in [5.74, 6) is 0.439. The SMILES string of the molecule is CN(CCOc1ccccc1Cl)C(=O)c1ccc(NC(=O)OC(C)(C)C)cc1. The molecule has 28 heavy (non-hydrogen) atoms. The Morgan fingerprint density at radius 1 is 1.07 bits per heavy atom. The van der Waals surface area contributed by atoms with Gasteiger partial charge in [-0.15, -0.1) is 0 Å². The highest BCUT2D eigenvalue weighted by atomic mass is 35.5. The molecule has 0 atom stereocenters. The van der Waals surface area contributed by atoms with Crippen LogP contribution in [-0.2, 0) is 4.74 Å². The van der Waals surface area contributed by atoms with Crippen LogP contribution in [0.4, 0.5) is 10.5 Å². The minimum atomic E-state index is -0.575. The molecule has 6 nitrogen and oxygen atoms in total. The van der Waals surface area contributed by atoms with E-state index in [2.05, 4.69) is 5.32 Å². The van der Waals surface area contributed by atoms with E-state index in [1.807, 2.05) is 12.1 Å². The molecule has 0 spiro atoms. The smallest absolute Gasteiger partial charge is 0.412 e. The lowest BCUT2D eigenvalue weighted by atomic mass is 10.2. The Labute approximate surface area is 170 Å². The first-order chi connectivity index (χ1) is 13.2. The van der Waals surface area contributed by atoms with Gasteiger partial charge in [-0.05, 0) is 57.2 Å². The third kappa shape index (κ3) is 6.78. The first-order valence-electron chi connectivity index (χ1n) is 8.88. The number of hydrogen-bond donors (Lipinski definition) is 1. The van der Waals surface area contributed by atoms with Gasteiger partial charge in [0.05, 0.1) is 11.6 Å². The number of rotatable bonds is 6. The van der Waals surface area contributed by atoms with E-state index in [1.165, 1.54) is 0 Å². The van der Waals surface area contributed by atoms with Gasteiger partial charge in [0.1, 0.15) is 18.0 Å². The summed E-state index contributed by atoms with van der Waals surface area (Å²) >= 11 is 6.04. The second kappa shape index (κ2) is 9.46. The Morgan fingerprint density at radius 3 is 2.32 bits per heavy atom. The minimum Gasteiger partial charge on any atom is -0.490 e. The highest BCUT2D eigenvalue weighted by molar-refractivity contribution is 6.32. The van der Waals surface area contributed by atoms with Gasteiger partial charge < -0.3 is 14.4 Å². The predicted molar refractivity (Wildman–Crippen MR) is 110 cm³/mol. The third-order valence-electron chi connectivity index (χ3n) is 3.64. The molecular formula is C21H25ClN2O4. The van der Waals surface area contributed by atoms with E-state index in [4.69, 9.17) is 21.1 Å². The molecule has 1 N–H and O–H groups in total. The second-order valence-electron chi connectivity index (χ2n) is 7.21. The Balaban J connectivity index is 1.86. The molecule has 0 aromatic heterocycles. The second-order valence-corrected chi connectivity index (χ2v) is 7.62. The van der Waals surface area contributed by atoms with Crippen LogP contribution < -0.4 is 10.1 Å². The predicted octanol–water partition coefficient (Wildman–Crippen LogP) is 4.84. The number of likely N-dealkylation sites (N-methyl/N-ethyl adjacent to an activating group) is 1. The van der Waals surface area contributed by atoms with Crippen LogP contribution >= 0.6 is 11.6 Å². The number of halogens is 1. The zero-order chi connectivity index (χ0) is 20.7. The van der Waals surface area contributed by atoms with Crippen LogP contribution in [0.2, 0.25) is 5.02 Å². The summed E-state index contributed by atoms with van der Waals surface area (Å²) in [4.78, 5) is 25.9.